The van der Waals surface area contributed by atoms with Crippen LogP contribution in [0.4, 0.5) is 0 Å². The lowest BCUT2D eigenvalue weighted by molar-refractivity contribution is -0.277. The maximum Gasteiger partial charge on any atom is 0.397 e. The molecule has 5 aliphatic rings. The molecule has 18 atom stereocenters. The quantitative estimate of drug-likeness (QED) is 0.131. The van der Waals surface area contributed by atoms with Gasteiger partial charge >= 0.3 is 10.4 Å². The second kappa shape index (κ2) is 15.0. The monoisotopic (exact) mass is 738 g/mol. The zero-order valence-corrected chi connectivity index (χ0v) is 31.1. The first kappa shape index (κ1) is 40.7. The Morgan fingerprint density at radius 1 is 0.840 bits per heavy atom. The van der Waals surface area contributed by atoms with Crippen LogP contribution in [-0.2, 0) is 28.8 Å². The van der Waals surface area contributed by atoms with E-state index in [9.17, 15) is 48.7 Å². The molecule has 0 aromatic carbocycles. The van der Waals surface area contributed by atoms with E-state index in [1.165, 1.54) is 7.11 Å². The van der Waals surface area contributed by atoms with E-state index in [-0.39, 0.29) is 37.2 Å². The number of methoxy groups -OCH3 is 1. The van der Waals surface area contributed by atoms with Gasteiger partial charge in [0.25, 0.3) is 0 Å². The van der Waals surface area contributed by atoms with Crippen molar-refractivity contribution in [3.8, 4) is 0 Å². The fraction of sp³-hybridized carbons (Fsp3) is 1.00. The molecule has 14 nitrogen and oxygen atoms in total. The predicted octanol–water partition coefficient (Wildman–Crippen LogP) is 1.02. The largest absolute Gasteiger partial charge is 0.397 e. The Hall–Kier alpha value is -0.530. The third kappa shape index (κ3) is 7.18. The van der Waals surface area contributed by atoms with Gasteiger partial charge in [-0.1, -0.05) is 41.0 Å². The van der Waals surface area contributed by atoms with Gasteiger partial charge in [-0.2, -0.15) is 8.42 Å². The Labute approximate surface area is 296 Å². The summed E-state index contributed by atoms with van der Waals surface area (Å²) in [7, 11) is -3.56. The summed E-state index contributed by atoms with van der Waals surface area (Å²) in [5.74, 6) is -2.15. The van der Waals surface area contributed by atoms with Crippen LogP contribution >= 0.6 is 0 Å². The van der Waals surface area contributed by atoms with E-state index in [2.05, 4.69) is 20.8 Å². The predicted molar refractivity (Wildman–Crippen MR) is 179 cm³/mol. The van der Waals surface area contributed by atoms with Crippen molar-refractivity contribution in [3.05, 3.63) is 0 Å². The highest BCUT2D eigenvalue weighted by Crippen LogP contribution is 2.70. The van der Waals surface area contributed by atoms with E-state index in [1.807, 2.05) is 13.8 Å². The van der Waals surface area contributed by atoms with Gasteiger partial charge in [-0.3, -0.25) is 4.55 Å². The maximum atomic E-state index is 12.8. The van der Waals surface area contributed by atoms with Crippen molar-refractivity contribution in [2.75, 3.05) is 20.3 Å². The topological polar surface area (TPSA) is 233 Å². The minimum absolute atomic E-state index is 0.0648. The molecule has 0 aromatic heterocycles. The second-order valence-corrected chi connectivity index (χ2v) is 18.2. The van der Waals surface area contributed by atoms with Crippen molar-refractivity contribution < 1.29 is 67.1 Å². The summed E-state index contributed by atoms with van der Waals surface area (Å²) in [6.07, 6.45) is -6.63. The molecular weight excluding hydrogens is 676 g/mol. The van der Waals surface area contributed by atoms with Gasteiger partial charge in [0.15, 0.2) is 6.29 Å². The van der Waals surface area contributed by atoms with Crippen LogP contribution in [0.5, 0.6) is 0 Å². The van der Waals surface area contributed by atoms with Gasteiger partial charge in [-0.15, -0.1) is 0 Å². The normalized spacial score (nSPS) is 49.2. The summed E-state index contributed by atoms with van der Waals surface area (Å²) < 4.78 is 55.5. The number of aliphatic hydroxyl groups is 7. The van der Waals surface area contributed by atoms with Gasteiger partial charge in [-0.25, -0.2) is 4.18 Å². The molecule has 0 radical (unpaired) electrons. The van der Waals surface area contributed by atoms with Gasteiger partial charge in [0.2, 0.25) is 0 Å². The molecule has 5 fully saturated rings. The highest BCUT2D eigenvalue weighted by Gasteiger charge is 2.74. The van der Waals surface area contributed by atoms with Gasteiger partial charge in [0, 0.05) is 25.4 Å². The maximum absolute atomic E-state index is 12.8. The van der Waals surface area contributed by atoms with E-state index >= 15 is 0 Å². The van der Waals surface area contributed by atoms with Crippen LogP contribution in [0.15, 0.2) is 0 Å². The molecule has 1 heterocycles. The Balaban J connectivity index is 1.31. The minimum Gasteiger partial charge on any atom is -0.390 e. The van der Waals surface area contributed by atoms with Crippen molar-refractivity contribution in [1.29, 1.82) is 0 Å². The first-order valence-electron chi connectivity index (χ1n) is 18.4. The summed E-state index contributed by atoms with van der Waals surface area (Å²) in [4.78, 5) is 0. The standard InChI is InChI=1S/C35H62O14S/c1-17(2)19(11-14-47-32-30(41)27(38)22(46-6)16-48-32)8-7-18(3)24-28(39)29(40)31-34(24,5)13-10-23-33(4)12-9-20(36)26(37)25(33)21(15-35(23,31)42)49-50(43,44)45/h17-32,36-42H,7-16H2,1-6H3,(H,43,44,45)/t18?,19-,20-,21?,22+,23?,24?,25?,26-,27-,28+,29?,30+,31?,32+,33+,34+,35-/m0/s1. The van der Waals surface area contributed by atoms with Crippen molar-refractivity contribution in [2.24, 2.45) is 52.3 Å². The van der Waals surface area contributed by atoms with Crippen molar-refractivity contribution in [2.45, 2.75) is 147 Å². The lowest BCUT2D eigenvalue weighted by Crippen LogP contribution is -2.71. The minimum atomic E-state index is -5.00. The van der Waals surface area contributed by atoms with E-state index in [0.717, 1.165) is 12.8 Å². The summed E-state index contributed by atoms with van der Waals surface area (Å²) in [6.45, 7) is 10.6. The first-order chi connectivity index (χ1) is 23.2. The molecule has 4 aliphatic carbocycles. The van der Waals surface area contributed by atoms with Crippen molar-refractivity contribution >= 4 is 10.4 Å². The molecule has 8 N–H and O–H groups in total. The summed E-state index contributed by atoms with van der Waals surface area (Å²) >= 11 is 0. The van der Waals surface area contributed by atoms with Crippen LogP contribution in [0.25, 0.3) is 0 Å². The average molecular weight is 739 g/mol. The zero-order chi connectivity index (χ0) is 37.1. The number of rotatable bonds is 12. The summed E-state index contributed by atoms with van der Waals surface area (Å²) in [5.41, 5.74) is -3.30. The number of ether oxygens (including phenoxy) is 3. The third-order valence-electron chi connectivity index (χ3n) is 14.2. The summed E-state index contributed by atoms with van der Waals surface area (Å²) in [5, 5.41) is 78.6. The third-order valence-corrected chi connectivity index (χ3v) is 14.7. The first-order valence-corrected chi connectivity index (χ1v) is 19.8. The molecule has 0 bridgehead atoms. The van der Waals surface area contributed by atoms with Crippen LogP contribution < -0.4 is 0 Å². The molecule has 1 aliphatic heterocycles. The molecule has 7 unspecified atom stereocenters. The Morgan fingerprint density at radius 2 is 1.50 bits per heavy atom. The molecule has 50 heavy (non-hydrogen) atoms. The number of aliphatic hydroxyl groups excluding tert-OH is 6. The number of hydrogen-bond donors (Lipinski definition) is 8. The molecular formula is C35H62O14S. The molecule has 0 spiro atoms. The molecule has 5 rings (SSSR count). The molecule has 15 heteroatoms. The number of fused-ring (bicyclic) bond motifs is 5. The fourth-order valence-electron chi connectivity index (χ4n) is 11.8. The van der Waals surface area contributed by atoms with Crippen LogP contribution in [0.1, 0.15) is 86.0 Å². The van der Waals surface area contributed by atoms with Gasteiger partial charge in [-0.05, 0) is 78.9 Å². The van der Waals surface area contributed by atoms with Crippen LogP contribution in [0.3, 0.4) is 0 Å². The fourth-order valence-corrected chi connectivity index (χ4v) is 12.3. The summed E-state index contributed by atoms with van der Waals surface area (Å²) in [6, 6.07) is 0. The zero-order valence-electron chi connectivity index (χ0n) is 30.2. The molecule has 0 amide bonds. The lowest BCUT2D eigenvalue weighted by Gasteiger charge is -2.66. The van der Waals surface area contributed by atoms with Crippen molar-refractivity contribution in [3.63, 3.8) is 0 Å². The lowest BCUT2D eigenvalue weighted by atomic mass is 9.41. The van der Waals surface area contributed by atoms with E-state index in [0.29, 0.717) is 38.2 Å². The van der Waals surface area contributed by atoms with E-state index in [4.69, 9.17) is 18.4 Å². The smallest absolute Gasteiger partial charge is 0.390 e. The van der Waals surface area contributed by atoms with E-state index in [1.54, 1.807) is 0 Å². The van der Waals surface area contributed by atoms with Gasteiger partial charge in [0.05, 0.1) is 49.3 Å². The molecule has 1 saturated heterocycles. The Bertz CT molecular complexity index is 1270. The van der Waals surface area contributed by atoms with Crippen LogP contribution in [0.2, 0.25) is 0 Å². The van der Waals surface area contributed by atoms with Crippen molar-refractivity contribution in [1.82, 2.24) is 0 Å². The van der Waals surface area contributed by atoms with Gasteiger partial charge in [0.1, 0.15) is 18.3 Å². The van der Waals surface area contributed by atoms with Crippen LogP contribution in [-0.4, -0.2) is 130 Å². The van der Waals surface area contributed by atoms with E-state index < -0.39 is 99.7 Å². The van der Waals surface area contributed by atoms with Gasteiger partial charge < -0.3 is 50.0 Å². The SMILES string of the molecule is CO[C@@H]1CO[C@@H](OCC[C@H](CCC(C)C2[C@@H](O)C(O)C3[C@]2(C)CCC2[C@@]4(C)CC[C@H](O)[C@H](O)C4C(OS(=O)(=O)O)C[C@]23O)C(C)C)[C@H](O)[C@H]1O. The molecule has 292 valence electrons. The molecule has 0 aromatic rings. The Kier molecular flexibility index (Phi) is 12.2. The second-order valence-electron chi connectivity index (χ2n) is 17.1. The van der Waals surface area contributed by atoms with Crippen LogP contribution in [0, 0.1) is 52.3 Å². The highest BCUT2D eigenvalue weighted by molar-refractivity contribution is 7.80. The number of hydrogen-bond acceptors (Lipinski definition) is 13. The average Bonchev–Trinajstić information content (AvgIpc) is 3.22. The highest BCUT2D eigenvalue weighted by atomic mass is 32.3. The Morgan fingerprint density at radius 3 is 2.12 bits per heavy atom. The molecule has 4 saturated carbocycles.